The first-order valence-electron chi connectivity index (χ1n) is 10.3. The highest BCUT2D eigenvalue weighted by atomic mass is 35.5. The number of rotatable bonds is 7. The molecule has 1 aliphatic rings. The minimum Gasteiger partial charge on any atom is -0.472 e. The van der Waals surface area contributed by atoms with Crippen molar-refractivity contribution in [2.75, 3.05) is 18.4 Å². The van der Waals surface area contributed by atoms with Gasteiger partial charge in [-0.3, -0.25) is 4.79 Å². The van der Waals surface area contributed by atoms with Crippen LogP contribution in [0.2, 0.25) is 0 Å². The number of hydrogen-bond acceptors (Lipinski definition) is 4. The first kappa shape index (κ1) is 21.5. The van der Waals surface area contributed by atoms with Crippen LogP contribution in [0.3, 0.4) is 0 Å². The maximum Gasteiger partial charge on any atom is 0.258 e. The average molecular weight is 417 g/mol. The van der Waals surface area contributed by atoms with Gasteiger partial charge in [-0.25, -0.2) is 0 Å². The summed E-state index contributed by atoms with van der Waals surface area (Å²) < 4.78 is 11.1. The van der Waals surface area contributed by atoms with Gasteiger partial charge in [-0.2, -0.15) is 0 Å². The van der Waals surface area contributed by atoms with E-state index in [-0.39, 0.29) is 18.3 Å². The Hall–Kier alpha value is -2.24. The van der Waals surface area contributed by atoms with Crippen molar-refractivity contribution in [1.29, 1.82) is 0 Å². The Bertz CT molecular complexity index is 943. The van der Waals surface area contributed by atoms with Gasteiger partial charge >= 0.3 is 0 Å². The van der Waals surface area contributed by atoms with Crippen molar-refractivity contribution in [3.8, 4) is 0 Å². The second-order valence-electron chi connectivity index (χ2n) is 7.61. The Morgan fingerprint density at radius 2 is 2.00 bits per heavy atom. The second kappa shape index (κ2) is 9.51. The lowest BCUT2D eigenvalue weighted by atomic mass is 9.90. The number of nitrogens with zero attached hydrogens (tertiary/aromatic N) is 1. The highest BCUT2D eigenvalue weighted by Gasteiger charge is 2.27. The van der Waals surface area contributed by atoms with Crippen molar-refractivity contribution in [3.63, 3.8) is 0 Å². The van der Waals surface area contributed by atoms with Crippen LogP contribution in [0.5, 0.6) is 0 Å². The van der Waals surface area contributed by atoms with E-state index >= 15 is 0 Å². The molecule has 0 saturated heterocycles. The lowest BCUT2D eigenvalue weighted by molar-refractivity contribution is 0.102. The molecule has 0 spiro atoms. The fourth-order valence-electron chi connectivity index (χ4n) is 4.30. The number of hydrogen-bond donors (Lipinski definition) is 1. The smallest absolute Gasteiger partial charge is 0.258 e. The Morgan fingerprint density at radius 3 is 2.69 bits per heavy atom. The molecule has 1 atom stereocenters. The first-order valence-corrected chi connectivity index (χ1v) is 10.3. The predicted molar refractivity (Wildman–Crippen MR) is 118 cm³/mol. The molecule has 1 aromatic carbocycles. The normalized spacial score (nSPS) is 15.9. The number of furan rings is 2. The largest absolute Gasteiger partial charge is 0.472 e. The Balaban J connectivity index is 0.00000240. The van der Waals surface area contributed by atoms with Crippen molar-refractivity contribution in [1.82, 2.24) is 4.90 Å². The lowest BCUT2D eigenvalue weighted by Gasteiger charge is -2.33. The zero-order chi connectivity index (χ0) is 19.5. The van der Waals surface area contributed by atoms with Crippen LogP contribution in [0, 0.1) is 0 Å². The van der Waals surface area contributed by atoms with Crippen LogP contribution in [-0.2, 0) is 12.8 Å². The van der Waals surface area contributed by atoms with Gasteiger partial charge in [0.15, 0.2) is 0 Å². The predicted octanol–water partition coefficient (Wildman–Crippen LogP) is 5.68. The number of halogens is 1. The van der Waals surface area contributed by atoms with Crippen molar-refractivity contribution in [3.05, 3.63) is 53.7 Å². The van der Waals surface area contributed by atoms with E-state index in [0.29, 0.717) is 11.6 Å². The molecular weight excluding hydrogens is 388 g/mol. The summed E-state index contributed by atoms with van der Waals surface area (Å²) in [4.78, 5) is 15.0. The van der Waals surface area contributed by atoms with Gasteiger partial charge in [0.1, 0.15) is 17.6 Å². The van der Waals surface area contributed by atoms with Gasteiger partial charge in [0.05, 0.1) is 11.8 Å². The van der Waals surface area contributed by atoms with Gasteiger partial charge in [-0.15, -0.1) is 12.4 Å². The summed E-state index contributed by atoms with van der Waals surface area (Å²) >= 11 is 0. The van der Waals surface area contributed by atoms with E-state index < -0.39 is 0 Å². The van der Waals surface area contributed by atoms with Gasteiger partial charge < -0.3 is 19.1 Å². The summed E-state index contributed by atoms with van der Waals surface area (Å²) in [6.07, 6.45) is 8.46. The number of carbonyl (C=O) groups excluding carboxylic acids is 1. The van der Waals surface area contributed by atoms with Crippen LogP contribution < -0.4 is 5.32 Å². The molecule has 0 saturated carbocycles. The van der Waals surface area contributed by atoms with Gasteiger partial charge in [0.25, 0.3) is 5.91 Å². The van der Waals surface area contributed by atoms with E-state index in [9.17, 15) is 4.79 Å². The number of amides is 1. The molecule has 0 aliphatic heterocycles. The minimum atomic E-state index is -0.166. The maximum atomic E-state index is 12.3. The van der Waals surface area contributed by atoms with Gasteiger partial charge in [-0.05, 0) is 63.0 Å². The lowest BCUT2D eigenvalue weighted by Crippen LogP contribution is -2.40. The Morgan fingerprint density at radius 1 is 1.21 bits per heavy atom. The first-order chi connectivity index (χ1) is 13.7. The van der Waals surface area contributed by atoms with E-state index in [4.69, 9.17) is 8.83 Å². The summed E-state index contributed by atoms with van der Waals surface area (Å²) in [7, 11) is 0. The average Bonchev–Trinajstić information content (AvgIpc) is 3.35. The summed E-state index contributed by atoms with van der Waals surface area (Å²) in [6, 6.07) is 8.13. The molecule has 5 nitrogen and oxygen atoms in total. The fraction of sp³-hybridized carbons (Fsp3) is 0.435. The quantitative estimate of drug-likeness (QED) is 0.538. The fourth-order valence-corrected chi connectivity index (χ4v) is 4.30. The molecule has 1 N–H and O–H groups in total. The van der Waals surface area contributed by atoms with E-state index in [0.717, 1.165) is 54.8 Å². The van der Waals surface area contributed by atoms with Crippen LogP contribution in [0.15, 0.2) is 45.6 Å². The zero-order valence-electron chi connectivity index (χ0n) is 17.1. The summed E-state index contributed by atoms with van der Waals surface area (Å²) in [5.74, 6) is 0.943. The molecule has 1 aliphatic carbocycles. The molecule has 0 bridgehead atoms. The van der Waals surface area contributed by atoms with Crippen molar-refractivity contribution in [2.24, 2.45) is 0 Å². The Labute approximate surface area is 177 Å². The van der Waals surface area contributed by atoms with Crippen molar-refractivity contribution >= 4 is 35.0 Å². The topological polar surface area (TPSA) is 58.6 Å². The van der Waals surface area contributed by atoms with Crippen molar-refractivity contribution < 1.29 is 13.6 Å². The third-order valence-corrected chi connectivity index (χ3v) is 5.60. The third kappa shape index (κ3) is 4.51. The highest BCUT2D eigenvalue weighted by molar-refractivity contribution is 6.05. The monoisotopic (exact) mass is 416 g/mol. The van der Waals surface area contributed by atoms with Gasteiger partial charge in [0.2, 0.25) is 0 Å². The molecule has 0 fully saturated rings. The molecule has 0 radical (unpaired) electrons. The molecule has 156 valence electrons. The Kier molecular flexibility index (Phi) is 7.04. The van der Waals surface area contributed by atoms with E-state index in [2.05, 4.69) is 24.1 Å². The summed E-state index contributed by atoms with van der Waals surface area (Å²) in [6.45, 7) is 6.80. The molecule has 3 aromatic rings. The maximum absolute atomic E-state index is 12.3. The molecule has 6 heteroatoms. The SMILES string of the molecule is CCCN(CCC)C1CCc2oc3ccc(NC(=O)c4ccoc4)cc3c2C1.Cl. The number of nitrogens with one attached hydrogen (secondary N) is 1. The molecule has 2 heterocycles. The standard InChI is InChI=1S/C23H28N2O3.ClH/c1-3-10-25(11-4-2)18-6-8-22-20(14-18)19-13-17(5-7-21(19)28-22)24-23(26)16-9-12-27-15-16;/h5,7,9,12-13,15,18H,3-4,6,8,10-11,14H2,1-2H3,(H,24,26);1H. The van der Waals surface area contributed by atoms with Crippen LogP contribution in [-0.4, -0.2) is 29.9 Å². The van der Waals surface area contributed by atoms with Crippen LogP contribution in [0.25, 0.3) is 11.0 Å². The number of benzene rings is 1. The highest BCUT2D eigenvalue weighted by Crippen LogP contribution is 2.35. The molecular formula is C23H29ClN2O3. The summed E-state index contributed by atoms with van der Waals surface area (Å²) in [5.41, 5.74) is 3.51. The molecule has 1 unspecified atom stereocenters. The van der Waals surface area contributed by atoms with Crippen LogP contribution >= 0.6 is 12.4 Å². The number of aryl methyl sites for hydroxylation is 1. The van der Waals surface area contributed by atoms with Crippen LogP contribution in [0.4, 0.5) is 5.69 Å². The van der Waals surface area contributed by atoms with Gasteiger partial charge in [-0.1, -0.05) is 13.8 Å². The zero-order valence-corrected chi connectivity index (χ0v) is 17.9. The van der Waals surface area contributed by atoms with E-state index in [1.807, 2.05) is 18.2 Å². The molecule has 1 amide bonds. The van der Waals surface area contributed by atoms with Crippen molar-refractivity contribution in [2.45, 2.75) is 52.0 Å². The third-order valence-electron chi connectivity index (χ3n) is 5.60. The second-order valence-corrected chi connectivity index (χ2v) is 7.61. The van der Waals surface area contributed by atoms with E-state index in [1.165, 1.54) is 30.9 Å². The van der Waals surface area contributed by atoms with Crippen LogP contribution in [0.1, 0.15) is 54.8 Å². The summed E-state index contributed by atoms with van der Waals surface area (Å²) in [5, 5.41) is 4.08. The molecule has 4 rings (SSSR count). The number of anilines is 1. The minimum absolute atomic E-state index is 0. The number of carbonyl (C=O) groups is 1. The van der Waals surface area contributed by atoms with E-state index in [1.54, 1.807) is 6.07 Å². The molecule has 2 aromatic heterocycles. The van der Waals surface area contributed by atoms with Gasteiger partial charge in [0, 0.05) is 29.1 Å². The number of fused-ring (bicyclic) bond motifs is 3. The molecule has 29 heavy (non-hydrogen) atoms.